The van der Waals surface area contributed by atoms with Crippen LogP contribution in [0.1, 0.15) is 39.2 Å². The van der Waals surface area contributed by atoms with Gasteiger partial charge in [0.25, 0.3) is 0 Å². The van der Waals surface area contributed by atoms with Gasteiger partial charge in [-0.2, -0.15) is 0 Å². The SMILES string of the molecule is CCCC(C)(C)c1cccc([N+](=O)[O-])c1[N+](=O)[O-]. The Balaban J connectivity index is 3.49. The van der Waals surface area contributed by atoms with Gasteiger partial charge in [0.2, 0.25) is 0 Å². The van der Waals surface area contributed by atoms with Gasteiger partial charge in [-0.3, -0.25) is 20.2 Å². The molecule has 0 heterocycles. The number of rotatable bonds is 5. The summed E-state index contributed by atoms with van der Waals surface area (Å²) in [6.45, 7) is 5.70. The number of nitro benzene ring substituents is 2. The minimum absolute atomic E-state index is 0.388. The van der Waals surface area contributed by atoms with Crippen molar-refractivity contribution in [2.75, 3.05) is 0 Å². The first kappa shape index (κ1) is 14.1. The molecule has 0 aromatic heterocycles. The van der Waals surface area contributed by atoms with Crippen molar-refractivity contribution in [3.63, 3.8) is 0 Å². The molecule has 0 bridgehead atoms. The van der Waals surface area contributed by atoms with Gasteiger partial charge in [-0.25, -0.2) is 0 Å². The van der Waals surface area contributed by atoms with Crippen molar-refractivity contribution in [2.24, 2.45) is 0 Å². The van der Waals surface area contributed by atoms with Crippen molar-refractivity contribution in [1.29, 1.82) is 0 Å². The van der Waals surface area contributed by atoms with E-state index in [-0.39, 0.29) is 5.69 Å². The van der Waals surface area contributed by atoms with Gasteiger partial charge in [-0.05, 0) is 11.8 Å². The highest BCUT2D eigenvalue weighted by Crippen LogP contribution is 2.39. The van der Waals surface area contributed by atoms with Crippen LogP contribution in [-0.4, -0.2) is 9.85 Å². The normalized spacial score (nSPS) is 11.3. The summed E-state index contributed by atoms with van der Waals surface area (Å²) in [5.74, 6) is 0. The lowest BCUT2D eigenvalue weighted by Crippen LogP contribution is -2.19. The molecule has 6 heteroatoms. The van der Waals surface area contributed by atoms with E-state index >= 15 is 0 Å². The second kappa shape index (κ2) is 5.12. The van der Waals surface area contributed by atoms with E-state index in [1.807, 2.05) is 20.8 Å². The largest absolute Gasteiger partial charge is 0.349 e. The molecule has 0 aliphatic heterocycles. The zero-order valence-electron chi connectivity index (χ0n) is 10.7. The van der Waals surface area contributed by atoms with Gasteiger partial charge in [-0.15, -0.1) is 0 Å². The van der Waals surface area contributed by atoms with E-state index in [0.29, 0.717) is 5.56 Å². The van der Waals surface area contributed by atoms with E-state index in [9.17, 15) is 20.2 Å². The minimum Gasteiger partial charge on any atom is -0.258 e. The third kappa shape index (κ3) is 2.64. The summed E-state index contributed by atoms with van der Waals surface area (Å²) in [5, 5.41) is 22.0. The predicted molar refractivity (Wildman–Crippen MR) is 67.7 cm³/mol. The highest BCUT2D eigenvalue weighted by atomic mass is 16.6. The van der Waals surface area contributed by atoms with E-state index < -0.39 is 20.9 Å². The molecule has 0 N–H and O–H groups in total. The van der Waals surface area contributed by atoms with Gasteiger partial charge >= 0.3 is 11.4 Å². The number of para-hydroxylation sites is 1. The molecule has 0 fully saturated rings. The molecule has 6 nitrogen and oxygen atoms in total. The average Bonchev–Trinajstić information content (AvgIpc) is 2.27. The lowest BCUT2D eigenvalue weighted by molar-refractivity contribution is -0.423. The molecule has 0 unspecified atom stereocenters. The van der Waals surface area contributed by atoms with Gasteiger partial charge < -0.3 is 0 Å². The molecular formula is C12H16N2O4. The van der Waals surface area contributed by atoms with Crippen LogP contribution in [0.3, 0.4) is 0 Å². The Bertz CT molecular complexity index is 483. The Kier molecular flexibility index (Phi) is 4.00. The molecular weight excluding hydrogens is 236 g/mol. The number of hydrogen-bond donors (Lipinski definition) is 0. The Labute approximate surface area is 105 Å². The maximum atomic E-state index is 11.1. The van der Waals surface area contributed by atoms with Crippen LogP contribution in [0.5, 0.6) is 0 Å². The van der Waals surface area contributed by atoms with Gasteiger partial charge in [0.15, 0.2) is 0 Å². The summed E-state index contributed by atoms with van der Waals surface area (Å²) in [7, 11) is 0. The first-order chi connectivity index (χ1) is 8.31. The highest BCUT2D eigenvalue weighted by molar-refractivity contribution is 5.59. The van der Waals surface area contributed by atoms with Crippen LogP contribution in [0.15, 0.2) is 18.2 Å². The molecule has 0 atom stereocenters. The fourth-order valence-electron chi connectivity index (χ4n) is 2.18. The summed E-state index contributed by atoms with van der Waals surface area (Å²) < 4.78 is 0. The number of nitro groups is 2. The fourth-order valence-corrected chi connectivity index (χ4v) is 2.18. The van der Waals surface area contributed by atoms with Crippen molar-refractivity contribution in [2.45, 2.75) is 39.0 Å². The molecule has 98 valence electrons. The van der Waals surface area contributed by atoms with E-state index in [4.69, 9.17) is 0 Å². The van der Waals surface area contributed by atoms with Crippen LogP contribution in [0.4, 0.5) is 11.4 Å². The molecule has 0 saturated heterocycles. The van der Waals surface area contributed by atoms with Gasteiger partial charge in [0, 0.05) is 11.6 Å². The van der Waals surface area contributed by atoms with Crippen LogP contribution in [0.25, 0.3) is 0 Å². The maximum absolute atomic E-state index is 11.1. The second-order valence-electron chi connectivity index (χ2n) is 4.82. The smallest absolute Gasteiger partial charge is 0.258 e. The average molecular weight is 252 g/mol. The zero-order chi connectivity index (χ0) is 13.9. The van der Waals surface area contributed by atoms with E-state index in [0.717, 1.165) is 12.8 Å². The topological polar surface area (TPSA) is 86.3 Å². The van der Waals surface area contributed by atoms with E-state index in [2.05, 4.69) is 0 Å². The molecule has 18 heavy (non-hydrogen) atoms. The van der Waals surface area contributed by atoms with Crippen LogP contribution < -0.4 is 0 Å². The lowest BCUT2D eigenvalue weighted by atomic mass is 9.79. The number of nitrogens with zero attached hydrogens (tertiary/aromatic N) is 2. The first-order valence-electron chi connectivity index (χ1n) is 5.73. The minimum atomic E-state index is -0.705. The maximum Gasteiger partial charge on any atom is 0.349 e. The van der Waals surface area contributed by atoms with Crippen molar-refractivity contribution < 1.29 is 9.85 Å². The molecule has 1 aromatic rings. The molecule has 1 rings (SSSR count). The lowest BCUT2D eigenvalue weighted by Gasteiger charge is -2.23. The third-order valence-electron chi connectivity index (χ3n) is 3.00. The van der Waals surface area contributed by atoms with Gasteiger partial charge in [-0.1, -0.05) is 39.3 Å². The summed E-state index contributed by atoms with van der Waals surface area (Å²) in [5.41, 5.74) is -0.866. The van der Waals surface area contributed by atoms with Gasteiger partial charge in [0.1, 0.15) is 0 Å². The molecule has 0 amide bonds. The summed E-state index contributed by atoms with van der Waals surface area (Å²) >= 11 is 0. The van der Waals surface area contributed by atoms with Crippen molar-refractivity contribution in [3.05, 3.63) is 44.0 Å². The Morgan fingerprint density at radius 1 is 1.17 bits per heavy atom. The summed E-state index contributed by atoms with van der Waals surface area (Å²) in [6.07, 6.45) is 1.59. The standard InChI is InChI=1S/C12H16N2O4/c1-4-8-12(2,3)9-6-5-7-10(13(15)16)11(9)14(17)18/h5-7H,4,8H2,1-3H3. The molecule has 0 aliphatic rings. The first-order valence-corrected chi connectivity index (χ1v) is 5.73. The number of hydrogen-bond acceptors (Lipinski definition) is 4. The van der Waals surface area contributed by atoms with Crippen molar-refractivity contribution in [3.8, 4) is 0 Å². The van der Waals surface area contributed by atoms with Crippen LogP contribution >= 0.6 is 0 Å². The Morgan fingerprint density at radius 3 is 2.22 bits per heavy atom. The second-order valence-corrected chi connectivity index (χ2v) is 4.82. The van der Waals surface area contributed by atoms with E-state index in [1.165, 1.54) is 12.1 Å². The van der Waals surface area contributed by atoms with E-state index in [1.54, 1.807) is 6.07 Å². The third-order valence-corrected chi connectivity index (χ3v) is 3.00. The quantitative estimate of drug-likeness (QED) is 0.592. The number of benzene rings is 1. The predicted octanol–water partition coefficient (Wildman–Crippen LogP) is 3.58. The molecule has 0 radical (unpaired) electrons. The summed E-state index contributed by atoms with van der Waals surface area (Å²) in [6, 6.07) is 4.27. The van der Waals surface area contributed by atoms with Crippen LogP contribution in [-0.2, 0) is 5.41 Å². The summed E-state index contributed by atoms with van der Waals surface area (Å²) in [4.78, 5) is 20.6. The monoisotopic (exact) mass is 252 g/mol. The molecule has 0 aliphatic carbocycles. The molecule has 1 aromatic carbocycles. The van der Waals surface area contributed by atoms with Crippen LogP contribution in [0, 0.1) is 20.2 Å². The Morgan fingerprint density at radius 2 is 1.78 bits per heavy atom. The fraction of sp³-hybridized carbons (Fsp3) is 0.500. The molecule has 0 saturated carbocycles. The van der Waals surface area contributed by atoms with Gasteiger partial charge in [0.05, 0.1) is 9.85 Å². The highest BCUT2D eigenvalue weighted by Gasteiger charge is 2.35. The zero-order valence-corrected chi connectivity index (χ0v) is 10.7. The van der Waals surface area contributed by atoms with Crippen LogP contribution in [0.2, 0.25) is 0 Å². The Hall–Kier alpha value is -1.98. The van der Waals surface area contributed by atoms with Crippen molar-refractivity contribution in [1.82, 2.24) is 0 Å². The molecule has 0 spiro atoms. The van der Waals surface area contributed by atoms with Crippen molar-refractivity contribution >= 4 is 11.4 Å².